The molecule has 4 aliphatic rings. The first-order chi connectivity index (χ1) is 17.5. The second-order valence-electron chi connectivity index (χ2n) is 11.9. The van der Waals surface area contributed by atoms with Gasteiger partial charge in [0.1, 0.15) is 23.5 Å². The average molecular weight is 516 g/mol. The molecule has 3 aliphatic heterocycles. The summed E-state index contributed by atoms with van der Waals surface area (Å²) in [5.41, 5.74) is 6.07. The van der Waals surface area contributed by atoms with Crippen molar-refractivity contribution in [1.29, 1.82) is 0 Å². The molecule has 9 nitrogen and oxygen atoms in total. The van der Waals surface area contributed by atoms with Crippen molar-refractivity contribution in [3.05, 3.63) is 29.6 Å². The number of benzene rings is 1. The summed E-state index contributed by atoms with van der Waals surface area (Å²) >= 11 is 0. The van der Waals surface area contributed by atoms with Gasteiger partial charge in [0.2, 0.25) is 11.8 Å². The van der Waals surface area contributed by atoms with Crippen molar-refractivity contribution < 1.29 is 23.5 Å². The van der Waals surface area contributed by atoms with E-state index in [-0.39, 0.29) is 18.4 Å². The largest absolute Gasteiger partial charge is 0.444 e. The number of hydrogen-bond acceptors (Lipinski definition) is 6. The normalized spacial score (nSPS) is 29.4. The molecule has 6 atom stereocenters. The smallest absolute Gasteiger partial charge is 0.411 e. The second kappa shape index (κ2) is 9.78. The molecule has 1 aromatic carbocycles. The molecule has 3 amide bonds. The lowest BCUT2D eigenvalue weighted by molar-refractivity contribution is -0.132. The Bertz CT molecular complexity index is 1080. The van der Waals surface area contributed by atoms with Gasteiger partial charge in [-0.05, 0) is 83.0 Å². The standard InChI is InChI=1S/C27H38FN5O4/c1-27(2,3)37-26(36)33-18-7-5-16(12-18)23(33)25(35)31-21(24(29)34)13-15-4-6-17(14-19(15)28)32-11-9-20-22(32)8-10-30-20/h4,6,14,16,18,20-23,30H,5,7-13H2,1-3H3,(H2,29,34)(H,31,35)/t16?,18?,20?,21-,22?,23?/m0/s1. The lowest BCUT2D eigenvalue weighted by Gasteiger charge is -2.36. The minimum Gasteiger partial charge on any atom is -0.444 e. The highest BCUT2D eigenvalue weighted by Crippen LogP contribution is 2.43. The van der Waals surface area contributed by atoms with Crippen LogP contribution in [0.5, 0.6) is 0 Å². The summed E-state index contributed by atoms with van der Waals surface area (Å²) in [4.78, 5) is 42.3. The number of nitrogens with zero attached hydrogens (tertiary/aromatic N) is 2. The predicted octanol–water partition coefficient (Wildman–Crippen LogP) is 2.07. The molecule has 202 valence electrons. The van der Waals surface area contributed by atoms with Gasteiger partial charge in [0.15, 0.2) is 0 Å². The van der Waals surface area contributed by atoms with Crippen LogP contribution in [-0.2, 0) is 20.7 Å². The SMILES string of the molecule is CC(C)(C)OC(=O)N1C2CCC(C2)C1C(=O)N[C@@H](Cc1ccc(N2CCC3NCCC32)cc1F)C(N)=O. The van der Waals surface area contributed by atoms with E-state index < -0.39 is 41.4 Å². The molecule has 0 aromatic heterocycles. The quantitative estimate of drug-likeness (QED) is 0.534. The van der Waals surface area contributed by atoms with Crippen LogP contribution in [0.15, 0.2) is 18.2 Å². The van der Waals surface area contributed by atoms with Crippen LogP contribution in [0.3, 0.4) is 0 Å². The maximum atomic E-state index is 15.2. The Morgan fingerprint density at radius 3 is 2.70 bits per heavy atom. The van der Waals surface area contributed by atoms with E-state index in [0.29, 0.717) is 17.6 Å². The number of nitrogens with two attached hydrogens (primary N) is 1. The molecule has 3 saturated heterocycles. The average Bonchev–Trinajstić information content (AvgIpc) is 3.59. The van der Waals surface area contributed by atoms with Gasteiger partial charge in [-0.3, -0.25) is 14.5 Å². The molecule has 0 spiro atoms. The number of carbonyl (C=O) groups is 3. The first-order valence-corrected chi connectivity index (χ1v) is 13.4. The molecular weight excluding hydrogens is 477 g/mol. The van der Waals surface area contributed by atoms with Crippen LogP contribution in [0.25, 0.3) is 0 Å². The van der Waals surface area contributed by atoms with E-state index in [9.17, 15) is 14.4 Å². The molecule has 4 fully saturated rings. The van der Waals surface area contributed by atoms with Crippen molar-refractivity contribution in [3.8, 4) is 0 Å². The van der Waals surface area contributed by atoms with Gasteiger partial charge in [-0.1, -0.05) is 6.07 Å². The van der Waals surface area contributed by atoms with Crippen LogP contribution in [0.4, 0.5) is 14.9 Å². The highest BCUT2D eigenvalue weighted by atomic mass is 19.1. The first-order valence-electron chi connectivity index (χ1n) is 13.4. The number of fused-ring (bicyclic) bond motifs is 3. The lowest BCUT2D eigenvalue weighted by atomic mass is 9.97. The monoisotopic (exact) mass is 515 g/mol. The highest BCUT2D eigenvalue weighted by molar-refractivity contribution is 5.91. The number of piperidine rings is 1. The Labute approximate surface area is 217 Å². The number of anilines is 1. The van der Waals surface area contributed by atoms with Crippen LogP contribution in [0.2, 0.25) is 0 Å². The van der Waals surface area contributed by atoms with E-state index in [4.69, 9.17) is 10.5 Å². The van der Waals surface area contributed by atoms with Gasteiger partial charge in [-0.15, -0.1) is 0 Å². The summed E-state index contributed by atoms with van der Waals surface area (Å²) in [6.07, 6.45) is 3.85. The van der Waals surface area contributed by atoms with E-state index in [1.54, 1.807) is 26.8 Å². The zero-order valence-electron chi connectivity index (χ0n) is 21.8. The second-order valence-corrected chi connectivity index (χ2v) is 11.9. The van der Waals surface area contributed by atoms with Gasteiger partial charge < -0.3 is 26.0 Å². The third-order valence-electron chi connectivity index (χ3n) is 8.30. The van der Waals surface area contributed by atoms with Crippen molar-refractivity contribution in [1.82, 2.24) is 15.5 Å². The van der Waals surface area contributed by atoms with Crippen LogP contribution in [0, 0.1) is 11.7 Å². The summed E-state index contributed by atoms with van der Waals surface area (Å²) < 4.78 is 20.7. The van der Waals surface area contributed by atoms with Gasteiger partial charge >= 0.3 is 6.09 Å². The Hall–Kier alpha value is -2.88. The van der Waals surface area contributed by atoms with Crippen LogP contribution < -0.4 is 21.3 Å². The lowest BCUT2D eigenvalue weighted by Crippen LogP contribution is -2.57. The maximum Gasteiger partial charge on any atom is 0.411 e. The molecule has 5 unspecified atom stereocenters. The van der Waals surface area contributed by atoms with Crippen molar-refractivity contribution in [2.75, 3.05) is 18.0 Å². The maximum absolute atomic E-state index is 15.2. The zero-order chi connectivity index (χ0) is 26.5. The molecule has 5 rings (SSSR count). The molecule has 4 N–H and O–H groups in total. The number of nitrogens with one attached hydrogen (secondary N) is 2. The van der Waals surface area contributed by atoms with Crippen LogP contribution in [0.1, 0.15) is 58.4 Å². The van der Waals surface area contributed by atoms with E-state index in [0.717, 1.165) is 50.9 Å². The number of primary amides is 1. The van der Waals surface area contributed by atoms with Crippen LogP contribution in [-0.4, -0.2) is 71.7 Å². The summed E-state index contributed by atoms with van der Waals surface area (Å²) in [6, 6.07) is 3.99. The Morgan fingerprint density at radius 2 is 2.00 bits per heavy atom. The summed E-state index contributed by atoms with van der Waals surface area (Å²) in [5, 5.41) is 6.21. The van der Waals surface area contributed by atoms with Crippen molar-refractivity contribution >= 4 is 23.6 Å². The Kier molecular flexibility index (Phi) is 6.81. The molecule has 10 heteroatoms. The summed E-state index contributed by atoms with van der Waals surface area (Å²) in [5.74, 6) is -1.63. The van der Waals surface area contributed by atoms with Gasteiger partial charge in [0.05, 0.1) is 0 Å². The molecule has 3 heterocycles. The van der Waals surface area contributed by atoms with E-state index in [1.807, 2.05) is 6.07 Å². The number of amides is 3. The molecule has 1 aromatic rings. The first kappa shape index (κ1) is 25.8. The molecule has 2 bridgehead atoms. The molecular formula is C27H38FN5O4. The number of hydrogen-bond donors (Lipinski definition) is 3. The van der Waals surface area contributed by atoms with Crippen molar-refractivity contribution in [2.24, 2.45) is 11.7 Å². The summed E-state index contributed by atoms with van der Waals surface area (Å²) in [7, 11) is 0. The van der Waals surface area contributed by atoms with Gasteiger partial charge in [0.25, 0.3) is 0 Å². The van der Waals surface area contributed by atoms with E-state index in [2.05, 4.69) is 15.5 Å². The fourth-order valence-corrected chi connectivity index (χ4v) is 6.67. The fraction of sp³-hybridized carbons (Fsp3) is 0.667. The van der Waals surface area contributed by atoms with Crippen molar-refractivity contribution in [3.63, 3.8) is 0 Å². The number of carbonyl (C=O) groups excluding carboxylic acids is 3. The van der Waals surface area contributed by atoms with Crippen LogP contribution >= 0.6 is 0 Å². The Balaban J connectivity index is 1.28. The molecule has 0 radical (unpaired) electrons. The fourth-order valence-electron chi connectivity index (χ4n) is 6.67. The molecule has 37 heavy (non-hydrogen) atoms. The zero-order valence-corrected chi connectivity index (χ0v) is 21.8. The summed E-state index contributed by atoms with van der Waals surface area (Å²) in [6.45, 7) is 7.19. The number of halogens is 1. The van der Waals surface area contributed by atoms with E-state index >= 15 is 4.39 Å². The number of ether oxygens (including phenoxy) is 1. The number of likely N-dealkylation sites (tertiary alicyclic amines) is 1. The third kappa shape index (κ3) is 5.12. The predicted molar refractivity (Wildman–Crippen MR) is 136 cm³/mol. The Morgan fingerprint density at radius 1 is 1.22 bits per heavy atom. The minimum atomic E-state index is -1.09. The van der Waals surface area contributed by atoms with Crippen molar-refractivity contribution in [2.45, 2.75) is 95.1 Å². The van der Waals surface area contributed by atoms with Gasteiger partial charge in [-0.2, -0.15) is 0 Å². The minimum absolute atomic E-state index is 0.00331. The topological polar surface area (TPSA) is 117 Å². The third-order valence-corrected chi connectivity index (χ3v) is 8.30. The van der Waals surface area contributed by atoms with Gasteiger partial charge in [-0.25, -0.2) is 9.18 Å². The van der Waals surface area contributed by atoms with E-state index in [1.165, 1.54) is 11.0 Å². The molecule has 1 saturated carbocycles. The molecule has 1 aliphatic carbocycles. The highest BCUT2D eigenvalue weighted by Gasteiger charge is 2.52. The van der Waals surface area contributed by atoms with Gasteiger partial charge in [0, 0.05) is 36.8 Å². The number of rotatable bonds is 6.